The second kappa shape index (κ2) is 4.65. The summed E-state index contributed by atoms with van der Waals surface area (Å²) in [6.07, 6.45) is 0. The lowest BCUT2D eigenvalue weighted by molar-refractivity contribution is -0.131. The molecule has 0 spiro atoms. The normalized spacial score (nSPS) is 9.64. The Morgan fingerprint density at radius 2 is 2.14 bits per heavy atom. The first kappa shape index (κ1) is 10.6. The highest BCUT2D eigenvalue weighted by molar-refractivity contribution is 5.69. The van der Waals surface area contributed by atoms with Gasteiger partial charge in [-0.2, -0.15) is 0 Å². The topological polar surface area (TPSA) is 35.5 Å². The zero-order valence-electron chi connectivity index (χ0n) is 8.66. The van der Waals surface area contributed by atoms with Gasteiger partial charge < -0.3 is 9.47 Å². The molecule has 0 saturated heterocycles. The Morgan fingerprint density at radius 1 is 1.43 bits per heavy atom. The van der Waals surface area contributed by atoms with Crippen molar-refractivity contribution in [1.29, 1.82) is 0 Å². The summed E-state index contributed by atoms with van der Waals surface area (Å²) < 4.78 is 10.3. The number of esters is 1. The molecule has 3 nitrogen and oxygen atoms in total. The second-order valence-corrected chi connectivity index (χ2v) is 2.95. The van der Waals surface area contributed by atoms with Crippen molar-refractivity contribution in [3.05, 3.63) is 23.8 Å². The van der Waals surface area contributed by atoms with Gasteiger partial charge in [-0.1, -0.05) is 0 Å². The van der Waals surface area contributed by atoms with Gasteiger partial charge in [-0.15, -0.1) is 0 Å². The molecular weight excluding hydrogens is 180 g/mol. The van der Waals surface area contributed by atoms with Gasteiger partial charge in [0.1, 0.15) is 11.5 Å². The van der Waals surface area contributed by atoms with Crippen LogP contribution in [-0.2, 0) is 4.79 Å². The second-order valence-electron chi connectivity index (χ2n) is 2.95. The van der Waals surface area contributed by atoms with E-state index in [1.807, 2.05) is 13.8 Å². The third kappa shape index (κ3) is 2.76. The lowest BCUT2D eigenvalue weighted by atomic mass is 10.2. The minimum absolute atomic E-state index is 0.312. The van der Waals surface area contributed by atoms with Crippen molar-refractivity contribution < 1.29 is 14.3 Å². The van der Waals surface area contributed by atoms with Crippen LogP contribution in [0.5, 0.6) is 11.5 Å². The Bertz CT molecular complexity index is 331. The van der Waals surface area contributed by atoms with Gasteiger partial charge in [0, 0.05) is 6.92 Å². The van der Waals surface area contributed by atoms with Crippen LogP contribution >= 0.6 is 0 Å². The van der Waals surface area contributed by atoms with Crippen LogP contribution in [0.2, 0.25) is 0 Å². The van der Waals surface area contributed by atoms with Crippen molar-refractivity contribution in [2.24, 2.45) is 0 Å². The summed E-state index contributed by atoms with van der Waals surface area (Å²) in [5, 5.41) is 0. The van der Waals surface area contributed by atoms with E-state index in [1.54, 1.807) is 18.2 Å². The van der Waals surface area contributed by atoms with Gasteiger partial charge in [0.25, 0.3) is 0 Å². The molecule has 0 aliphatic heterocycles. The molecule has 1 aromatic carbocycles. The number of hydrogen-bond acceptors (Lipinski definition) is 3. The van der Waals surface area contributed by atoms with Crippen LogP contribution in [0.25, 0.3) is 0 Å². The fourth-order valence-corrected chi connectivity index (χ4v) is 1.17. The molecule has 0 saturated carbocycles. The van der Waals surface area contributed by atoms with Crippen molar-refractivity contribution in [3.63, 3.8) is 0 Å². The number of rotatable bonds is 3. The van der Waals surface area contributed by atoms with Crippen LogP contribution in [0.4, 0.5) is 0 Å². The molecule has 0 N–H and O–H groups in total. The Morgan fingerprint density at radius 3 is 2.64 bits per heavy atom. The quantitative estimate of drug-likeness (QED) is 0.547. The molecule has 0 aliphatic carbocycles. The summed E-state index contributed by atoms with van der Waals surface area (Å²) >= 11 is 0. The molecule has 0 radical (unpaired) electrons. The standard InChI is InChI=1S/C11H14O3/c1-4-13-11-6-5-10(7-8(11)2)14-9(3)12/h5-7H,4H2,1-3H3. The third-order valence-corrected chi connectivity index (χ3v) is 1.71. The predicted octanol–water partition coefficient (Wildman–Crippen LogP) is 2.32. The first-order valence-electron chi connectivity index (χ1n) is 4.55. The van der Waals surface area contributed by atoms with Gasteiger partial charge >= 0.3 is 5.97 Å². The molecule has 0 aromatic heterocycles. The fraction of sp³-hybridized carbons (Fsp3) is 0.364. The van der Waals surface area contributed by atoms with Crippen LogP contribution in [0, 0.1) is 6.92 Å². The van der Waals surface area contributed by atoms with Crippen molar-refractivity contribution in [2.45, 2.75) is 20.8 Å². The summed E-state index contributed by atoms with van der Waals surface area (Å²) in [6, 6.07) is 5.31. The summed E-state index contributed by atoms with van der Waals surface area (Å²) in [7, 11) is 0. The third-order valence-electron chi connectivity index (χ3n) is 1.71. The molecule has 0 unspecified atom stereocenters. The molecular formula is C11H14O3. The number of carbonyl (C=O) groups excluding carboxylic acids is 1. The highest BCUT2D eigenvalue weighted by Gasteiger charge is 2.02. The number of hydrogen-bond donors (Lipinski definition) is 0. The van der Waals surface area contributed by atoms with Crippen LogP contribution in [0.3, 0.4) is 0 Å². The lowest BCUT2D eigenvalue weighted by Crippen LogP contribution is -2.02. The first-order chi connectivity index (χ1) is 6.63. The summed E-state index contributed by atoms with van der Waals surface area (Å²) in [6.45, 7) is 5.86. The van der Waals surface area contributed by atoms with E-state index in [-0.39, 0.29) is 5.97 Å². The van der Waals surface area contributed by atoms with Gasteiger partial charge in [0.2, 0.25) is 0 Å². The summed E-state index contributed by atoms with van der Waals surface area (Å²) in [4.78, 5) is 10.7. The van der Waals surface area contributed by atoms with Crippen molar-refractivity contribution in [3.8, 4) is 11.5 Å². The van der Waals surface area contributed by atoms with Gasteiger partial charge in [0.05, 0.1) is 6.61 Å². The molecule has 0 aliphatic rings. The average molecular weight is 194 g/mol. The average Bonchev–Trinajstić information content (AvgIpc) is 2.09. The SMILES string of the molecule is CCOc1ccc(OC(C)=O)cc1C. The zero-order chi connectivity index (χ0) is 10.6. The molecule has 0 bridgehead atoms. The van der Waals surface area contributed by atoms with Gasteiger partial charge in [0.15, 0.2) is 0 Å². The molecule has 0 atom stereocenters. The minimum atomic E-state index is -0.312. The van der Waals surface area contributed by atoms with Crippen LogP contribution < -0.4 is 9.47 Å². The summed E-state index contributed by atoms with van der Waals surface area (Å²) in [5.74, 6) is 1.07. The number of ether oxygens (including phenoxy) is 2. The lowest BCUT2D eigenvalue weighted by Gasteiger charge is -2.08. The van der Waals surface area contributed by atoms with E-state index in [9.17, 15) is 4.79 Å². The van der Waals surface area contributed by atoms with E-state index in [0.29, 0.717) is 12.4 Å². The zero-order valence-corrected chi connectivity index (χ0v) is 8.66. The molecule has 14 heavy (non-hydrogen) atoms. The largest absolute Gasteiger partial charge is 0.494 e. The van der Waals surface area contributed by atoms with E-state index in [4.69, 9.17) is 9.47 Å². The van der Waals surface area contributed by atoms with E-state index in [0.717, 1.165) is 11.3 Å². The van der Waals surface area contributed by atoms with Gasteiger partial charge in [-0.3, -0.25) is 4.79 Å². The number of benzene rings is 1. The monoisotopic (exact) mass is 194 g/mol. The van der Waals surface area contributed by atoms with Crippen LogP contribution in [0.15, 0.2) is 18.2 Å². The first-order valence-corrected chi connectivity index (χ1v) is 4.55. The van der Waals surface area contributed by atoms with E-state index >= 15 is 0 Å². The maximum Gasteiger partial charge on any atom is 0.308 e. The maximum atomic E-state index is 10.7. The van der Waals surface area contributed by atoms with Crippen LogP contribution in [-0.4, -0.2) is 12.6 Å². The smallest absolute Gasteiger partial charge is 0.308 e. The minimum Gasteiger partial charge on any atom is -0.494 e. The molecule has 3 heteroatoms. The molecule has 1 aromatic rings. The predicted molar refractivity (Wildman–Crippen MR) is 53.7 cm³/mol. The fourth-order valence-electron chi connectivity index (χ4n) is 1.17. The van der Waals surface area contributed by atoms with E-state index in [2.05, 4.69) is 0 Å². The Hall–Kier alpha value is -1.51. The highest BCUT2D eigenvalue weighted by Crippen LogP contribution is 2.23. The van der Waals surface area contributed by atoms with Crippen LogP contribution in [0.1, 0.15) is 19.4 Å². The molecule has 0 amide bonds. The van der Waals surface area contributed by atoms with Crippen molar-refractivity contribution >= 4 is 5.97 Å². The molecule has 76 valence electrons. The number of aryl methyl sites for hydroxylation is 1. The van der Waals surface area contributed by atoms with Crippen molar-refractivity contribution in [1.82, 2.24) is 0 Å². The molecule has 1 rings (SSSR count). The van der Waals surface area contributed by atoms with Gasteiger partial charge in [-0.05, 0) is 37.6 Å². The van der Waals surface area contributed by atoms with E-state index in [1.165, 1.54) is 6.92 Å². The Kier molecular flexibility index (Phi) is 3.51. The molecule has 0 heterocycles. The Labute approximate surface area is 83.6 Å². The van der Waals surface area contributed by atoms with Crippen molar-refractivity contribution in [2.75, 3.05) is 6.61 Å². The Balaban J connectivity index is 2.83. The van der Waals surface area contributed by atoms with E-state index < -0.39 is 0 Å². The van der Waals surface area contributed by atoms with Gasteiger partial charge in [-0.25, -0.2) is 0 Å². The number of carbonyl (C=O) groups is 1. The summed E-state index contributed by atoms with van der Waals surface area (Å²) in [5.41, 5.74) is 0.964. The highest BCUT2D eigenvalue weighted by atomic mass is 16.5. The molecule has 0 fully saturated rings. The maximum absolute atomic E-state index is 10.7.